The van der Waals surface area contributed by atoms with Gasteiger partial charge in [0.05, 0.1) is 5.52 Å². The SMILES string of the molecule is Cn1nc2cc(Br)ccc2c1C(=O)N1CCc2cc(-c3ccncc3)ccc21. The van der Waals surface area contributed by atoms with Crippen LogP contribution in [0.3, 0.4) is 0 Å². The summed E-state index contributed by atoms with van der Waals surface area (Å²) in [5.41, 5.74) is 5.88. The molecule has 2 aromatic carbocycles. The summed E-state index contributed by atoms with van der Waals surface area (Å²) in [7, 11) is 1.82. The van der Waals surface area contributed by atoms with Gasteiger partial charge in [-0.3, -0.25) is 14.5 Å². The van der Waals surface area contributed by atoms with E-state index in [0.29, 0.717) is 12.2 Å². The van der Waals surface area contributed by atoms with Gasteiger partial charge in [0.1, 0.15) is 5.69 Å². The highest BCUT2D eigenvalue weighted by Gasteiger charge is 2.29. The summed E-state index contributed by atoms with van der Waals surface area (Å²) < 4.78 is 2.63. The summed E-state index contributed by atoms with van der Waals surface area (Å²) in [5, 5.41) is 5.38. The summed E-state index contributed by atoms with van der Waals surface area (Å²) in [6.45, 7) is 0.678. The fraction of sp³-hybridized carbons (Fsp3) is 0.136. The normalized spacial score (nSPS) is 13.1. The summed E-state index contributed by atoms with van der Waals surface area (Å²) >= 11 is 3.47. The molecule has 0 radical (unpaired) electrons. The van der Waals surface area contributed by atoms with E-state index in [0.717, 1.165) is 38.6 Å². The highest BCUT2D eigenvalue weighted by molar-refractivity contribution is 9.10. The van der Waals surface area contributed by atoms with Crippen LogP contribution in [-0.2, 0) is 13.5 Å². The molecule has 0 fully saturated rings. The first-order valence-electron chi connectivity index (χ1n) is 9.09. The van der Waals surface area contributed by atoms with Crippen LogP contribution >= 0.6 is 15.9 Å². The van der Waals surface area contributed by atoms with Gasteiger partial charge in [0, 0.05) is 41.5 Å². The van der Waals surface area contributed by atoms with E-state index in [-0.39, 0.29) is 5.91 Å². The Bertz CT molecular complexity index is 1220. The van der Waals surface area contributed by atoms with Gasteiger partial charge < -0.3 is 4.90 Å². The van der Waals surface area contributed by atoms with Crippen molar-refractivity contribution in [3.05, 3.63) is 76.7 Å². The molecule has 6 heteroatoms. The second kappa shape index (κ2) is 6.56. The Balaban J connectivity index is 1.53. The van der Waals surface area contributed by atoms with Crippen LogP contribution in [0.1, 0.15) is 16.1 Å². The molecule has 0 atom stereocenters. The van der Waals surface area contributed by atoms with Gasteiger partial charge in [-0.1, -0.05) is 22.0 Å². The van der Waals surface area contributed by atoms with Gasteiger partial charge >= 0.3 is 0 Å². The zero-order valence-corrected chi connectivity index (χ0v) is 16.8. The van der Waals surface area contributed by atoms with Crippen LogP contribution in [0, 0.1) is 0 Å². The molecule has 28 heavy (non-hydrogen) atoms. The zero-order chi connectivity index (χ0) is 19.3. The van der Waals surface area contributed by atoms with Crippen molar-refractivity contribution < 1.29 is 4.79 Å². The van der Waals surface area contributed by atoms with E-state index >= 15 is 0 Å². The van der Waals surface area contributed by atoms with Crippen molar-refractivity contribution in [2.75, 3.05) is 11.4 Å². The maximum Gasteiger partial charge on any atom is 0.277 e. The number of nitrogens with zero attached hydrogens (tertiary/aromatic N) is 4. The lowest BCUT2D eigenvalue weighted by Gasteiger charge is -2.18. The summed E-state index contributed by atoms with van der Waals surface area (Å²) in [6.07, 6.45) is 4.44. The quantitative estimate of drug-likeness (QED) is 0.464. The fourth-order valence-electron chi connectivity index (χ4n) is 3.89. The smallest absolute Gasteiger partial charge is 0.277 e. The molecule has 5 nitrogen and oxygen atoms in total. The highest BCUT2D eigenvalue weighted by Crippen LogP contribution is 2.34. The number of hydrogen-bond donors (Lipinski definition) is 0. The van der Waals surface area contributed by atoms with Gasteiger partial charge in [-0.25, -0.2) is 0 Å². The predicted octanol–water partition coefficient (Wildman–Crippen LogP) is 4.60. The van der Waals surface area contributed by atoms with Gasteiger partial charge in [-0.15, -0.1) is 0 Å². The lowest BCUT2D eigenvalue weighted by molar-refractivity contribution is 0.0982. The first kappa shape index (κ1) is 17.1. The van der Waals surface area contributed by atoms with Crippen LogP contribution in [-0.4, -0.2) is 27.2 Å². The van der Waals surface area contributed by atoms with Crippen molar-refractivity contribution in [3.63, 3.8) is 0 Å². The van der Waals surface area contributed by atoms with Gasteiger partial charge in [-0.2, -0.15) is 5.10 Å². The molecule has 0 bridgehead atoms. The number of aryl methyl sites for hydroxylation is 1. The summed E-state index contributed by atoms with van der Waals surface area (Å²) in [6, 6.07) is 16.1. The Morgan fingerprint density at radius 3 is 2.68 bits per heavy atom. The van der Waals surface area contributed by atoms with Crippen LogP contribution in [0.4, 0.5) is 5.69 Å². The average Bonchev–Trinajstić information content (AvgIpc) is 3.27. The Morgan fingerprint density at radius 2 is 1.86 bits per heavy atom. The molecule has 138 valence electrons. The van der Waals surface area contributed by atoms with Crippen LogP contribution < -0.4 is 4.90 Å². The van der Waals surface area contributed by atoms with Crippen molar-refractivity contribution in [3.8, 4) is 11.1 Å². The van der Waals surface area contributed by atoms with E-state index in [4.69, 9.17) is 0 Å². The number of aromatic nitrogens is 3. The standard InChI is InChI=1S/C22H17BrN4O/c1-26-21(18-4-3-17(23)13-19(18)25-26)22(28)27-11-8-16-12-15(2-5-20(16)27)14-6-9-24-10-7-14/h2-7,9-10,12-13H,8,11H2,1H3. The molecule has 1 aliphatic rings. The topological polar surface area (TPSA) is 51.0 Å². The Morgan fingerprint density at radius 1 is 1.04 bits per heavy atom. The van der Waals surface area contributed by atoms with Crippen LogP contribution in [0.15, 0.2) is 65.4 Å². The van der Waals surface area contributed by atoms with Crippen molar-refractivity contribution in [2.45, 2.75) is 6.42 Å². The molecule has 1 aliphatic heterocycles. The van der Waals surface area contributed by atoms with E-state index in [1.54, 1.807) is 17.1 Å². The first-order valence-corrected chi connectivity index (χ1v) is 9.88. The Hall–Kier alpha value is -2.99. The van der Waals surface area contributed by atoms with Crippen LogP contribution in [0.2, 0.25) is 0 Å². The van der Waals surface area contributed by atoms with Crippen molar-refractivity contribution in [1.82, 2.24) is 14.8 Å². The van der Waals surface area contributed by atoms with E-state index in [1.165, 1.54) is 5.56 Å². The molecule has 0 spiro atoms. The minimum absolute atomic E-state index is 0.0114. The number of benzene rings is 2. The summed E-state index contributed by atoms with van der Waals surface area (Å²) in [4.78, 5) is 19.3. The maximum atomic E-state index is 13.4. The van der Waals surface area contributed by atoms with E-state index in [9.17, 15) is 4.79 Å². The predicted molar refractivity (Wildman–Crippen MR) is 113 cm³/mol. The maximum absolute atomic E-state index is 13.4. The fourth-order valence-corrected chi connectivity index (χ4v) is 4.24. The first-order chi connectivity index (χ1) is 13.6. The summed E-state index contributed by atoms with van der Waals surface area (Å²) in [5.74, 6) is -0.0114. The van der Waals surface area contributed by atoms with Crippen molar-refractivity contribution >= 4 is 38.4 Å². The Kier molecular flexibility index (Phi) is 4.02. The number of pyridine rings is 1. The van der Waals surface area contributed by atoms with E-state index < -0.39 is 0 Å². The number of hydrogen-bond acceptors (Lipinski definition) is 3. The van der Waals surface area contributed by atoms with Gasteiger partial charge in [0.15, 0.2) is 0 Å². The monoisotopic (exact) mass is 432 g/mol. The number of rotatable bonds is 2. The minimum Gasteiger partial charge on any atom is -0.306 e. The molecule has 0 unspecified atom stereocenters. The third kappa shape index (κ3) is 2.72. The highest BCUT2D eigenvalue weighted by atomic mass is 79.9. The van der Waals surface area contributed by atoms with Crippen molar-refractivity contribution in [2.24, 2.45) is 7.05 Å². The number of amides is 1. The molecule has 1 amide bonds. The number of anilines is 1. The lowest BCUT2D eigenvalue weighted by Crippen LogP contribution is -2.30. The number of carbonyl (C=O) groups is 1. The van der Waals surface area contributed by atoms with E-state index in [2.05, 4.69) is 38.1 Å². The molecule has 2 aromatic heterocycles. The molecule has 0 aliphatic carbocycles. The largest absolute Gasteiger partial charge is 0.306 e. The molecule has 3 heterocycles. The molecule has 0 N–H and O–H groups in total. The van der Waals surface area contributed by atoms with Gasteiger partial charge in [0.2, 0.25) is 0 Å². The second-order valence-electron chi connectivity index (χ2n) is 6.92. The number of carbonyl (C=O) groups excluding carboxylic acids is 1. The van der Waals surface area contributed by atoms with Gasteiger partial charge in [0.25, 0.3) is 5.91 Å². The Labute approximate surface area is 170 Å². The van der Waals surface area contributed by atoms with Crippen LogP contribution in [0.25, 0.3) is 22.0 Å². The molecule has 0 saturated carbocycles. The third-order valence-corrected chi connectivity index (χ3v) is 5.73. The van der Waals surface area contributed by atoms with Crippen molar-refractivity contribution in [1.29, 1.82) is 0 Å². The van der Waals surface area contributed by atoms with Crippen LogP contribution in [0.5, 0.6) is 0 Å². The second-order valence-corrected chi connectivity index (χ2v) is 7.84. The average molecular weight is 433 g/mol. The van der Waals surface area contributed by atoms with Gasteiger partial charge in [-0.05, 0) is 65.6 Å². The molecule has 4 aromatic rings. The molecule has 5 rings (SSSR count). The minimum atomic E-state index is -0.0114. The van der Waals surface area contributed by atoms with E-state index in [1.807, 2.05) is 48.3 Å². The molecular weight excluding hydrogens is 416 g/mol. The lowest BCUT2D eigenvalue weighted by atomic mass is 10.0. The third-order valence-electron chi connectivity index (χ3n) is 5.23. The number of fused-ring (bicyclic) bond motifs is 2. The molecular formula is C22H17BrN4O. The molecule has 0 saturated heterocycles. The zero-order valence-electron chi connectivity index (χ0n) is 15.3. The number of halogens is 1.